The molecule has 182 valence electrons. The molecule has 0 radical (unpaired) electrons. The quantitative estimate of drug-likeness (QED) is 0.300. The number of ketones is 1. The molecule has 10 heteroatoms. The number of hydrogen-bond acceptors (Lipinski definition) is 7. The summed E-state index contributed by atoms with van der Waals surface area (Å²) in [6, 6.07) is 12.0. The van der Waals surface area contributed by atoms with Gasteiger partial charge in [-0.05, 0) is 44.5 Å². The van der Waals surface area contributed by atoms with Crippen LogP contribution in [0.2, 0.25) is 0 Å². The van der Waals surface area contributed by atoms with E-state index in [1.807, 2.05) is 19.9 Å². The minimum absolute atomic E-state index is 0.0722. The van der Waals surface area contributed by atoms with Crippen molar-refractivity contribution in [2.24, 2.45) is 0 Å². The number of H-pyrrole nitrogens is 1. The summed E-state index contributed by atoms with van der Waals surface area (Å²) in [5.74, 6) is -0.563. The number of aromatic nitrogens is 3. The van der Waals surface area contributed by atoms with Crippen LogP contribution in [0.1, 0.15) is 49.5 Å². The Morgan fingerprint density at radius 3 is 2.49 bits per heavy atom. The van der Waals surface area contributed by atoms with Crippen LogP contribution in [0.3, 0.4) is 0 Å². The SMILES string of the molecule is CCC(=O)Nc1ccc(C)cc1-c1nnc(S[C@H](CC)C(=O)Nc2cccc(C(C)=O)c2)[nH]c1=O. The smallest absolute Gasteiger partial charge is 0.278 e. The first-order valence-corrected chi connectivity index (χ1v) is 12.1. The van der Waals surface area contributed by atoms with Gasteiger partial charge in [0.2, 0.25) is 11.8 Å². The normalized spacial score (nSPS) is 11.5. The lowest BCUT2D eigenvalue weighted by atomic mass is 10.1. The van der Waals surface area contributed by atoms with Gasteiger partial charge < -0.3 is 10.6 Å². The predicted molar refractivity (Wildman–Crippen MR) is 137 cm³/mol. The Balaban J connectivity index is 1.81. The molecule has 0 bridgehead atoms. The fraction of sp³-hybridized carbons (Fsp3) is 0.280. The van der Waals surface area contributed by atoms with Crippen molar-refractivity contribution in [3.05, 3.63) is 63.9 Å². The minimum atomic E-state index is -0.551. The largest absolute Gasteiger partial charge is 0.325 e. The molecule has 1 atom stereocenters. The molecule has 0 unspecified atom stereocenters. The van der Waals surface area contributed by atoms with Gasteiger partial charge in [-0.25, -0.2) is 0 Å². The lowest BCUT2D eigenvalue weighted by Crippen LogP contribution is -2.25. The Bertz CT molecular complexity index is 1320. The second-order valence-electron chi connectivity index (χ2n) is 7.90. The van der Waals surface area contributed by atoms with Crippen LogP contribution >= 0.6 is 11.8 Å². The lowest BCUT2D eigenvalue weighted by molar-refractivity contribution is -0.116. The van der Waals surface area contributed by atoms with Gasteiger partial charge in [-0.2, -0.15) is 0 Å². The van der Waals surface area contributed by atoms with Crippen LogP contribution in [-0.2, 0) is 9.59 Å². The summed E-state index contributed by atoms with van der Waals surface area (Å²) in [5.41, 5.74) is 2.43. The maximum absolute atomic E-state index is 12.9. The standard InChI is InChI=1S/C25H27N5O4S/c1-5-20(23(33)26-17-9-7-8-16(13-17)15(4)31)35-25-28-24(34)22(29-30-25)18-12-14(3)10-11-19(18)27-21(32)6-2/h7-13,20H,5-6H2,1-4H3,(H,26,33)(H,27,32)(H,28,30,34)/t20-/m1/s1. The van der Waals surface area contributed by atoms with E-state index in [-0.39, 0.29) is 28.4 Å². The van der Waals surface area contributed by atoms with Crippen LogP contribution in [0.5, 0.6) is 0 Å². The van der Waals surface area contributed by atoms with E-state index in [9.17, 15) is 19.2 Å². The topological polar surface area (TPSA) is 134 Å². The highest BCUT2D eigenvalue weighted by atomic mass is 32.2. The number of Topliss-reactive ketones (excluding diaryl/α,β-unsaturated/α-hetero) is 1. The molecule has 0 saturated heterocycles. The van der Waals surface area contributed by atoms with Crippen LogP contribution in [0.25, 0.3) is 11.3 Å². The summed E-state index contributed by atoms with van der Waals surface area (Å²) in [6.45, 7) is 6.92. The number of amides is 2. The molecule has 2 amide bonds. The summed E-state index contributed by atoms with van der Waals surface area (Å²) >= 11 is 1.09. The van der Waals surface area contributed by atoms with Crippen LogP contribution < -0.4 is 16.2 Å². The van der Waals surface area contributed by atoms with Crippen LogP contribution in [0.15, 0.2) is 52.4 Å². The van der Waals surface area contributed by atoms with Crippen LogP contribution in [0.4, 0.5) is 11.4 Å². The molecule has 2 aromatic carbocycles. The number of carbonyl (C=O) groups is 3. The third-order valence-electron chi connectivity index (χ3n) is 5.16. The van der Waals surface area contributed by atoms with Crippen molar-refractivity contribution >= 4 is 40.7 Å². The summed E-state index contributed by atoms with van der Waals surface area (Å²) in [7, 11) is 0. The number of hydrogen-bond donors (Lipinski definition) is 3. The number of benzene rings is 2. The van der Waals surface area contributed by atoms with Gasteiger partial charge in [-0.1, -0.05) is 49.4 Å². The van der Waals surface area contributed by atoms with Crippen molar-refractivity contribution in [1.29, 1.82) is 0 Å². The molecule has 0 saturated carbocycles. The predicted octanol–water partition coefficient (Wildman–Crippen LogP) is 4.20. The van der Waals surface area contributed by atoms with Crippen LogP contribution in [0, 0.1) is 6.92 Å². The van der Waals surface area contributed by atoms with E-state index in [0.717, 1.165) is 17.3 Å². The molecule has 0 aliphatic carbocycles. The van der Waals surface area contributed by atoms with E-state index < -0.39 is 10.8 Å². The number of aryl methyl sites for hydroxylation is 1. The summed E-state index contributed by atoms with van der Waals surface area (Å²) in [4.78, 5) is 51.9. The van der Waals surface area contributed by atoms with Gasteiger partial charge in [0.15, 0.2) is 16.6 Å². The van der Waals surface area contributed by atoms with E-state index in [0.29, 0.717) is 35.3 Å². The van der Waals surface area contributed by atoms with Gasteiger partial charge in [-0.15, -0.1) is 10.2 Å². The molecular formula is C25H27N5O4S. The maximum atomic E-state index is 12.9. The van der Waals surface area contributed by atoms with E-state index in [2.05, 4.69) is 25.8 Å². The fourth-order valence-electron chi connectivity index (χ4n) is 3.25. The number of thioether (sulfide) groups is 1. The first kappa shape index (κ1) is 25.8. The second kappa shape index (κ2) is 11.6. The Labute approximate surface area is 207 Å². The lowest BCUT2D eigenvalue weighted by Gasteiger charge is -2.14. The van der Waals surface area contributed by atoms with Crippen molar-refractivity contribution < 1.29 is 14.4 Å². The van der Waals surface area contributed by atoms with Crippen molar-refractivity contribution in [1.82, 2.24) is 15.2 Å². The molecular weight excluding hydrogens is 466 g/mol. The maximum Gasteiger partial charge on any atom is 0.278 e. The zero-order chi connectivity index (χ0) is 25.5. The molecule has 1 aromatic heterocycles. The molecule has 1 heterocycles. The van der Waals surface area contributed by atoms with Gasteiger partial charge in [0, 0.05) is 23.2 Å². The van der Waals surface area contributed by atoms with Gasteiger partial charge in [0.25, 0.3) is 5.56 Å². The Morgan fingerprint density at radius 1 is 1.06 bits per heavy atom. The van der Waals surface area contributed by atoms with Gasteiger partial charge >= 0.3 is 0 Å². The average Bonchev–Trinajstić information content (AvgIpc) is 2.83. The molecule has 0 spiro atoms. The van der Waals surface area contributed by atoms with Crippen molar-refractivity contribution in [3.63, 3.8) is 0 Å². The molecule has 0 aliphatic rings. The zero-order valence-corrected chi connectivity index (χ0v) is 20.8. The van der Waals surface area contributed by atoms with Gasteiger partial charge in [0.05, 0.1) is 10.9 Å². The third-order valence-corrected chi connectivity index (χ3v) is 6.39. The summed E-state index contributed by atoms with van der Waals surface area (Å²) < 4.78 is 0. The van der Waals surface area contributed by atoms with E-state index in [1.165, 1.54) is 6.92 Å². The fourth-order valence-corrected chi connectivity index (χ4v) is 4.09. The van der Waals surface area contributed by atoms with Crippen molar-refractivity contribution in [2.75, 3.05) is 10.6 Å². The Hall–Kier alpha value is -3.79. The number of nitrogens with one attached hydrogen (secondary N) is 3. The molecule has 3 rings (SSSR count). The first-order valence-electron chi connectivity index (χ1n) is 11.2. The van der Waals surface area contributed by atoms with Gasteiger partial charge in [0.1, 0.15) is 0 Å². The second-order valence-corrected chi connectivity index (χ2v) is 9.09. The number of anilines is 2. The molecule has 0 aliphatic heterocycles. The highest BCUT2D eigenvalue weighted by Crippen LogP contribution is 2.27. The average molecular weight is 494 g/mol. The summed E-state index contributed by atoms with van der Waals surface area (Å²) in [5, 5.41) is 13.5. The van der Waals surface area contributed by atoms with E-state index in [4.69, 9.17) is 0 Å². The molecule has 3 aromatic rings. The van der Waals surface area contributed by atoms with E-state index >= 15 is 0 Å². The number of aromatic amines is 1. The monoisotopic (exact) mass is 493 g/mol. The molecule has 35 heavy (non-hydrogen) atoms. The first-order chi connectivity index (χ1) is 16.7. The van der Waals surface area contributed by atoms with Crippen LogP contribution in [-0.4, -0.2) is 38.0 Å². The van der Waals surface area contributed by atoms with Crippen molar-refractivity contribution in [3.8, 4) is 11.3 Å². The number of rotatable bonds is 9. The highest BCUT2D eigenvalue weighted by Gasteiger charge is 2.21. The van der Waals surface area contributed by atoms with Gasteiger partial charge in [-0.3, -0.25) is 24.2 Å². The zero-order valence-electron chi connectivity index (χ0n) is 20.0. The third kappa shape index (κ3) is 6.63. The number of nitrogens with zero attached hydrogens (tertiary/aromatic N) is 2. The molecule has 3 N–H and O–H groups in total. The Morgan fingerprint density at radius 2 is 1.83 bits per heavy atom. The molecule has 9 nitrogen and oxygen atoms in total. The van der Waals surface area contributed by atoms with Crippen molar-refractivity contribution in [2.45, 2.75) is 50.9 Å². The summed E-state index contributed by atoms with van der Waals surface area (Å²) in [6.07, 6.45) is 0.768. The highest BCUT2D eigenvalue weighted by molar-refractivity contribution is 8.00. The minimum Gasteiger partial charge on any atom is -0.325 e. The Kier molecular flexibility index (Phi) is 8.53. The van der Waals surface area contributed by atoms with E-state index in [1.54, 1.807) is 43.3 Å². The molecule has 0 fully saturated rings. The number of carbonyl (C=O) groups excluding carboxylic acids is 3.